The number of fused-ring (bicyclic) bond motifs is 1. The van der Waals surface area contributed by atoms with Crippen molar-refractivity contribution >= 4 is 32.8 Å². The van der Waals surface area contributed by atoms with E-state index in [-0.39, 0.29) is 21.5 Å². The summed E-state index contributed by atoms with van der Waals surface area (Å²) < 4.78 is 6.26. The number of hydrogen-bond acceptors (Lipinski definition) is 5. The van der Waals surface area contributed by atoms with Crippen molar-refractivity contribution in [2.45, 2.75) is 0 Å². The van der Waals surface area contributed by atoms with Crippen LogP contribution >= 0.6 is 15.9 Å². The largest absolute Gasteiger partial charge is 0.505 e. The van der Waals surface area contributed by atoms with Crippen LogP contribution in [0.5, 0.6) is 5.75 Å². The van der Waals surface area contributed by atoms with Crippen LogP contribution in [0.4, 0.5) is 0 Å². The van der Waals surface area contributed by atoms with Gasteiger partial charge >= 0.3 is 5.97 Å². The average Bonchev–Trinajstić information content (AvgIpc) is 2.57. The van der Waals surface area contributed by atoms with Gasteiger partial charge in [0, 0.05) is 11.1 Å². The van der Waals surface area contributed by atoms with Crippen LogP contribution in [0.15, 0.2) is 51.9 Å². The summed E-state index contributed by atoms with van der Waals surface area (Å²) in [4.78, 5) is 28.1. The second-order valence-corrected chi connectivity index (χ2v) is 5.57. The molecule has 0 unspecified atom stereocenters. The second-order valence-electron chi connectivity index (χ2n) is 4.71. The first-order chi connectivity index (χ1) is 11.0. The Morgan fingerprint density at radius 2 is 2.00 bits per heavy atom. The Hall–Kier alpha value is -2.67. The third-order valence-electron chi connectivity index (χ3n) is 3.38. The first-order valence-electron chi connectivity index (χ1n) is 6.61. The summed E-state index contributed by atoms with van der Waals surface area (Å²) in [5.74, 6) is -1.09. The van der Waals surface area contributed by atoms with E-state index in [1.165, 1.54) is 23.9 Å². The molecular weight excluding hydrogens is 364 g/mol. The van der Waals surface area contributed by atoms with Gasteiger partial charge in [0.15, 0.2) is 11.4 Å². The molecule has 0 atom stereocenters. The number of aromatic hydroxyl groups is 1. The average molecular weight is 375 g/mol. The molecule has 3 aromatic rings. The maximum Gasteiger partial charge on any atom is 0.360 e. The molecule has 23 heavy (non-hydrogen) atoms. The fourth-order valence-electron chi connectivity index (χ4n) is 2.31. The predicted octanol–water partition coefficient (Wildman–Crippen LogP) is 2.64. The Labute approximate surface area is 139 Å². The van der Waals surface area contributed by atoms with E-state index in [0.717, 1.165) is 0 Å². The third kappa shape index (κ3) is 2.49. The number of carbonyl (C=O) groups is 1. The van der Waals surface area contributed by atoms with Crippen molar-refractivity contribution < 1.29 is 14.6 Å². The van der Waals surface area contributed by atoms with E-state index in [2.05, 4.69) is 25.7 Å². The summed E-state index contributed by atoms with van der Waals surface area (Å²) in [5.41, 5.74) is 0.506. The predicted molar refractivity (Wildman–Crippen MR) is 88.0 cm³/mol. The third-order valence-corrected chi connectivity index (χ3v) is 3.95. The lowest BCUT2D eigenvalue weighted by atomic mass is 10.2. The maximum absolute atomic E-state index is 12.5. The standard InChI is InChI=1S/C16H11BrN2O4/c1-23-16(22)13-14(20)10-7-11(17)15(21)19(12(10)8-18-13)9-5-3-2-4-6-9/h2-8,20H,1H3. The molecule has 3 rings (SSSR count). The molecule has 116 valence electrons. The van der Waals surface area contributed by atoms with Gasteiger partial charge in [0.2, 0.25) is 0 Å². The van der Waals surface area contributed by atoms with Gasteiger partial charge < -0.3 is 9.84 Å². The minimum absolute atomic E-state index is 0.204. The molecule has 0 saturated heterocycles. The SMILES string of the molecule is COC(=O)c1ncc2c(cc(Br)c(=O)n2-c2ccccc2)c1O. The highest BCUT2D eigenvalue weighted by atomic mass is 79.9. The minimum atomic E-state index is -0.752. The van der Waals surface area contributed by atoms with Crippen LogP contribution in [0.1, 0.15) is 10.5 Å². The number of methoxy groups -OCH3 is 1. The van der Waals surface area contributed by atoms with Gasteiger partial charge in [0.1, 0.15) is 0 Å². The summed E-state index contributed by atoms with van der Waals surface area (Å²) >= 11 is 3.20. The Kier molecular flexibility index (Phi) is 3.87. The minimum Gasteiger partial charge on any atom is -0.505 e. The Morgan fingerprint density at radius 3 is 2.65 bits per heavy atom. The van der Waals surface area contributed by atoms with Gasteiger partial charge in [-0.2, -0.15) is 0 Å². The molecule has 6 nitrogen and oxygen atoms in total. The van der Waals surface area contributed by atoms with Gasteiger partial charge in [-0.15, -0.1) is 0 Å². The smallest absolute Gasteiger partial charge is 0.360 e. The lowest BCUT2D eigenvalue weighted by molar-refractivity contribution is 0.0591. The number of rotatable bonds is 2. The molecule has 1 aromatic carbocycles. The zero-order valence-corrected chi connectivity index (χ0v) is 13.6. The van der Waals surface area contributed by atoms with Crippen LogP contribution in [0.2, 0.25) is 0 Å². The number of halogens is 1. The van der Waals surface area contributed by atoms with Gasteiger partial charge in [-0.1, -0.05) is 18.2 Å². The van der Waals surface area contributed by atoms with Gasteiger partial charge in [-0.3, -0.25) is 9.36 Å². The normalized spacial score (nSPS) is 10.7. The van der Waals surface area contributed by atoms with E-state index in [4.69, 9.17) is 0 Å². The quantitative estimate of drug-likeness (QED) is 0.697. The van der Waals surface area contributed by atoms with E-state index in [1.807, 2.05) is 6.07 Å². The molecule has 0 bridgehead atoms. The number of nitrogens with zero attached hydrogens (tertiary/aromatic N) is 2. The molecule has 0 aliphatic carbocycles. The number of aromatic nitrogens is 2. The number of pyridine rings is 2. The molecule has 0 saturated carbocycles. The fraction of sp³-hybridized carbons (Fsp3) is 0.0625. The monoisotopic (exact) mass is 374 g/mol. The zero-order chi connectivity index (χ0) is 16.6. The van der Waals surface area contributed by atoms with Crippen LogP contribution < -0.4 is 5.56 Å². The molecular formula is C16H11BrN2O4. The van der Waals surface area contributed by atoms with Gasteiger partial charge in [-0.25, -0.2) is 9.78 Å². The van der Waals surface area contributed by atoms with Crippen LogP contribution in [0.25, 0.3) is 16.6 Å². The molecule has 2 heterocycles. The lowest BCUT2D eigenvalue weighted by Gasteiger charge is -2.13. The van der Waals surface area contributed by atoms with Crippen LogP contribution in [-0.4, -0.2) is 27.7 Å². The molecule has 0 aliphatic rings. The zero-order valence-electron chi connectivity index (χ0n) is 12.0. The molecule has 0 amide bonds. The van der Waals surface area contributed by atoms with Crippen molar-refractivity contribution in [3.05, 3.63) is 63.1 Å². The Balaban J connectivity index is 2.42. The van der Waals surface area contributed by atoms with E-state index in [0.29, 0.717) is 16.6 Å². The number of esters is 1. The van der Waals surface area contributed by atoms with Crippen LogP contribution in [0.3, 0.4) is 0 Å². The van der Waals surface area contributed by atoms with E-state index < -0.39 is 5.97 Å². The molecule has 7 heteroatoms. The van der Waals surface area contributed by atoms with Crippen molar-refractivity contribution in [2.24, 2.45) is 0 Å². The highest BCUT2D eigenvalue weighted by Crippen LogP contribution is 2.29. The summed E-state index contributed by atoms with van der Waals surface area (Å²) in [7, 11) is 1.20. The second kappa shape index (κ2) is 5.85. The molecule has 2 aromatic heterocycles. The number of carbonyl (C=O) groups excluding carboxylic acids is 1. The number of hydrogen-bond donors (Lipinski definition) is 1. The number of benzene rings is 1. The fourth-order valence-corrected chi connectivity index (χ4v) is 2.72. The molecule has 1 N–H and O–H groups in total. The summed E-state index contributed by atoms with van der Waals surface area (Å²) in [6.07, 6.45) is 1.36. The van der Waals surface area contributed by atoms with Crippen molar-refractivity contribution in [2.75, 3.05) is 7.11 Å². The summed E-state index contributed by atoms with van der Waals surface area (Å²) in [6.45, 7) is 0. The Morgan fingerprint density at radius 1 is 1.30 bits per heavy atom. The molecule has 0 spiro atoms. The maximum atomic E-state index is 12.5. The van der Waals surface area contributed by atoms with Crippen molar-refractivity contribution in [1.82, 2.24) is 9.55 Å². The highest BCUT2D eigenvalue weighted by molar-refractivity contribution is 9.10. The lowest BCUT2D eigenvalue weighted by Crippen LogP contribution is -2.20. The first-order valence-corrected chi connectivity index (χ1v) is 7.41. The first kappa shape index (κ1) is 15.2. The van der Waals surface area contributed by atoms with E-state index in [9.17, 15) is 14.7 Å². The highest BCUT2D eigenvalue weighted by Gasteiger charge is 2.19. The van der Waals surface area contributed by atoms with Crippen LogP contribution in [0, 0.1) is 0 Å². The van der Waals surface area contributed by atoms with Gasteiger partial charge in [0.25, 0.3) is 5.56 Å². The molecule has 0 aliphatic heterocycles. The number of ether oxygens (including phenoxy) is 1. The van der Waals surface area contributed by atoms with Gasteiger partial charge in [-0.05, 0) is 34.1 Å². The summed E-state index contributed by atoms with van der Waals surface area (Å²) in [5, 5.41) is 10.7. The topological polar surface area (TPSA) is 81.4 Å². The van der Waals surface area contributed by atoms with Gasteiger partial charge in [0.05, 0.1) is 23.3 Å². The van der Waals surface area contributed by atoms with Crippen molar-refractivity contribution in [1.29, 1.82) is 0 Å². The summed E-state index contributed by atoms with van der Waals surface area (Å²) in [6, 6.07) is 10.4. The number of para-hydroxylation sites is 1. The molecule has 0 radical (unpaired) electrons. The van der Waals surface area contributed by atoms with Crippen molar-refractivity contribution in [3.63, 3.8) is 0 Å². The molecule has 0 fully saturated rings. The van der Waals surface area contributed by atoms with E-state index in [1.54, 1.807) is 24.3 Å². The van der Waals surface area contributed by atoms with E-state index >= 15 is 0 Å². The Bertz CT molecular complexity index is 967. The van der Waals surface area contributed by atoms with Crippen LogP contribution in [-0.2, 0) is 4.74 Å². The van der Waals surface area contributed by atoms with Crippen molar-refractivity contribution in [3.8, 4) is 11.4 Å².